The van der Waals surface area contributed by atoms with E-state index in [0.29, 0.717) is 11.8 Å². The first-order chi connectivity index (χ1) is 9.92. The van der Waals surface area contributed by atoms with Crippen LogP contribution >= 0.6 is 0 Å². The molecule has 0 fully saturated rings. The van der Waals surface area contributed by atoms with E-state index < -0.39 is 0 Å². The van der Waals surface area contributed by atoms with Crippen molar-refractivity contribution in [2.75, 3.05) is 0 Å². The molecule has 0 heterocycles. The van der Waals surface area contributed by atoms with E-state index in [1.54, 1.807) is 0 Å². The van der Waals surface area contributed by atoms with Gasteiger partial charge in [0, 0.05) is 17.1 Å². The van der Waals surface area contributed by atoms with Crippen molar-refractivity contribution in [3.05, 3.63) is 89.0 Å². The van der Waals surface area contributed by atoms with E-state index in [-0.39, 0.29) is 17.1 Å². The van der Waals surface area contributed by atoms with Crippen LogP contribution in [0, 0.1) is 5.92 Å². The predicted octanol–water partition coefficient (Wildman–Crippen LogP) is 5.14. The van der Waals surface area contributed by atoms with Crippen LogP contribution in [-0.4, -0.2) is 0 Å². The molecule has 21 heavy (non-hydrogen) atoms. The topological polar surface area (TPSA) is 0 Å². The number of fused-ring (bicyclic) bond motifs is 2. The molecule has 0 aromatic heterocycles. The summed E-state index contributed by atoms with van der Waals surface area (Å²) in [6, 6.07) is 13.1. The van der Waals surface area contributed by atoms with Gasteiger partial charge in [-0.25, -0.2) is 0 Å². The maximum Gasteiger partial charge on any atom is 0 e. The third-order valence-corrected chi connectivity index (χ3v) is 4.24. The number of rotatable bonds is 1. The van der Waals surface area contributed by atoms with Crippen LogP contribution in [0.4, 0.5) is 0 Å². The van der Waals surface area contributed by atoms with Crippen molar-refractivity contribution < 1.29 is 17.1 Å². The quantitative estimate of drug-likeness (QED) is 0.505. The number of hydrogen-bond acceptors (Lipinski definition) is 0. The first-order valence-corrected chi connectivity index (χ1v) is 7.14. The van der Waals surface area contributed by atoms with Crippen molar-refractivity contribution in [3.8, 4) is 0 Å². The van der Waals surface area contributed by atoms with Gasteiger partial charge in [-0.3, -0.25) is 0 Å². The minimum atomic E-state index is 0. The zero-order chi connectivity index (χ0) is 13.4. The third kappa shape index (κ3) is 2.55. The molecule has 0 bridgehead atoms. The van der Waals surface area contributed by atoms with Crippen molar-refractivity contribution in [2.45, 2.75) is 5.92 Å². The first kappa shape index (κ1) is 14.1. The number of allylic oxidation sites excluding steroid dienone is 5. The average Bonchev–Trinajstić information content (AvgIpc) is 3.01. The maximum absolute atomic E-state index is 2.33. The molecule has 1 heteroatoms. The number of hydrogen-bond donors (Lipinski definition) is 0. The molecule has 0 radical (unpaired) electrons. The van der Waals surface area contributed by atoms with Crippen molar-refractivity contribution in [1.29, 1.82) is 0 Å². The second-order valence-electron chi connectivity index (χ2n) is 5.44. The van der Waals surface area contributed by atoms with E-state index in [1.807, 2.05) is 0 Å². The molecule has 0 spiro atoms. The normalized spacial score (nSPS) is 22.1. The largest absolute Gasteiger partial charge is 0.177 e. The summed E-state index contributed by atoms with van der Waals surface area (Å²) in [6.45, 7) is 0. The van der Waals surface area contributed by atoms with Gasteiger partial charge in [-0.15, -0.1) is 59.7 Å². The van der Waals surface area contributed by atoms with Crippen LogP contribution in [0.1, 0.15) is 28.2 Å². The zero-order valence-corrected chi connectivity index (χ0v) is 12.7. The molecular weight excluding hydrogens is 296 g/mol. The Bertz CT molecular complexity index is 705. The fraction of sp³-hybridized carbons (Fsp3) is 0.100. The molecule has 1 unspecified atom stereocenters. The van der Waals surface area contributed by atoms with Gasteiger partial charge in [0.1, 0.15) is 0 Å². The molecule has 4 rings (SSSR count). The molecule has 106 valence electrons. The molecule has 2 aromatic rings. The summed E-state index contributed by atoms with van der Waals surface area (Å²) in [5, 5.41) is 0. The zero-order valence-electron chi connectivity index (χ0n) is 11.6. The van der Waals surface area contributed by atoms with Gasteiger partial charge < -0.3 is 0 Å². The van der Waals surface area contributed by atoms with Crippen LogP contribution in [0.5, 0.6) is 0 Å². The molecular formula is C20H16Fe-2. The Hall–Kier alpha value is -1.82. The minimum Gasteiger partial charge on any atom is -0.177 e. The summed E-state index contributed by atoms with van der Waals surface area (Å²) in [5.74, 6) is 0.839. The Morgan fingerprint density at radius 2 is 1.67 bits per heavy atom. The van der Waals surface area contributed by atoms with Crippen molar-refractivity contribution in [2.24, 2.45) is 5.92 Å². The summed E-state index contributed by atoms with van der Waals surface area (Å²) in [5.41, 5.74) is 5.42. The molecule has 0 nitrogen and oxygen atoms in total. The monoisotopic (exact) mass is 312 g/mol. The van der Waals surface area contributed by atoms with Crippen LogP contribution in [0.2, 0.25) is 0 Å². The Balaban J connectivity index is 0.00000132. The van der Waals surface area contributed by atoms with Gasteiger partial charge >= 0.3 is 0 Å². The first-order valence-electron chi connectivity index (χ1n) is 7.14. The second kappa shape index (κ2) is 5.89. The summed E-state index contributed by atoms with van der Waals surface area (Å²) < 4.78 is 0. The molecule has 0 saturated heterocycles. The minimum absolute atomic E-state index is 0. The van der Waals surface area contributed by atoms with E-state index in [1.165, 1.54) is 22.3 Å². The van der Waals surface area contributed by atoms with Crippen LogP contribution < -0.4 is 0 Å². The Morgan fingerprint density at radius 3 is 2.62 bits per heavy atom. The van der Waals surface area contributed by atoms with Crippen molar-refractivity contribution in [1.82, 2.24) is 0 Å². The van der Waals surface area contributed by atoms with Gasteiger partial charge in [-0.2, -0.15) is 29.8 Å². The van der Waals surface area contributed by atoms with E-state index in [9.17, 15) is 0 Å². The van der Waals surface area contributed by atoms with Crippen LogP contribution in [0.25, 0.3) is 18.2 Å². The van der Waals surface area contributed by atoms with Gasteiger partial charge in [0.2, 0.25) is 0 Å². The van der Waals surface area contributed by atoms with Gasteiger partial charge in [-0.05, 0) is 11.8 Å². The van der Waals surface area contributed by atoms with Crippen LogP contribution in [-0.2, 0) is 17.1 Å². The van der Waals surface area contributed by atoms with E-state index in [2.05, 4.69) is 85.0 Å². The molecule has 0 N–H and O–H groups in total. The smallest absolute Gasteiger partial charge is 0 e. The van der Waals surface area contributed by atoms with E-state index >= 15 is 0 Å². The fourth-order valence-corrected chi connectivity index (χ4v) is 3.17. The Morgan fingerprint density at radius 1 is 0.810 bits per heavy atom. The van der Waals surface area contributed by atoms with Gasteiger partial charge in [-0.1, -0.05) is 17.7 Å². The molecule has 2 aliphatic carbocycles. The maximum atomic E-state index is 2.33. The Labute approximate surface area is 136 Å². The molecule has 0 saturated carbocycles. The molecule has 0 aliphatic heterocycles. The van der Waals surface area contributed by atoms with Gasteiger partial charge in [0.25, 0.3) is 0 Å². The molecule has 2 aromatic carbocycles. The van der Waals surface area contributed by atoms with Gasteiger partial charge in [0.05, 0.1) is 0 Å². The summed E-state index contributed by atoms with van der Waals surface area (Å²) in [6.07, 6.45) is 18.0. The summed E-state index contributed by atoms with van der Waals surface area (Å²) in [4.78, 5) is 0. The molecule has 0 amide bonds. The van der Waals surface area contributed by atoms with E-state index in [4.69, 9.17) is 0 Å². The molecule has 1 atom stereocenters. The summed E-state index contributed by atoms with van der Waals surface area (Å²) >= 11 is 0. The standard InChI is InChI=1S/C20H16.Fe/c1-2-9-19(20-10-4-8-17(20)5-1)18-13-11-15-6-3-7-16(15)12-14-18;/h1-14,18-19H;/q-2;. The fourth-order valence-electron chi connectivity index (χ4n) is 3.17. The van der Waals surface area contributed by atoms with E-state index in [0.717, 1.165) is 0 Å². The van der Waals surface area contributed by atoms with Crippen LogP contribution in [0.3, 0.4) is 0 Å². The predicted molar refractivity (Wildman–Crippen MR) is 86.5 cm³/mol. The second-order valence-corrected chi connectivity index (χ2v) is 5.44. The average molecular weight is 312 g/mol. The van der Waals surface area contributed by atoms with Crippen molar-refractivity contribution in [3.63, 3.8) is 0 Å². The van der Waals surface area contributed by atoms with Crippen molar-refractivity contribution >= 4 is 18.2 Å². The van der Waals surface area contributed by atoms with Crippen LogP contribution in [0.15, 0.2) is 66.8 Å². The van der Waals surface area contributed by atoms with Gasteiger partial charge in [0.15, 0.2) is 0 Å². The SMILES string of the molecule is C1=Cc2ccc[c-]2C(C2C=Cc3ccc[c-]3C=C2)C=C1.[Fe]. The third-order valence-electron chi connectivity index (χ3n) is 4.24. The summed E-state index contributed by atoms with van der Waals surface area (Å²) in [7, 11) is 0. The Kier molecular flexibility index (Phi) is 3.96. The molecule has 2 aliphatic rings.